The molecule has 100 valence electrons. The molecule has 2 aromatic rings. The van der Waals surface area contributed by atoms with Crippen molar-refractivity contribution in [1.82, 2.24) is 15.3 Å². The van der Waals surface area contributed by atoms with Crippen molar-refractivity contribution in [2.75, 3.05) is 14.2 Å². The maximum atomic E-state index is 5.06. The van der Waals surface area contributed by atoms with Gasteiger partial charge < -0.3 is 10.1 Å². The predicted molar refractivity (Wildman–Crippen MR) is 75.3 cm³/mol. The van der Waals surface area contributed by atoms with Crippen LogP contribution in [0.3, 0.4) is 0 Å². The molecular weight excluding hydrogens is 238 g/mol. The molecule has 0 saturated heterocycles. The lowest BCUT2D eigenvalue weighted by Crippen LogP contribution is -2.19. The molecule has 19 heavy (non-hydrogen) atoms. The highest BCUT2D eigenvalue weighted by Crippen LogP contribution is 2.18. The van der Waals surface area contributed by atoms with Crippen molar-refractivity contribution >= 4 is 0 Å². The number of likely N-dealkylation sites (N-methyl/N-ethyl adjacent to an activating group) is 1. The smallest absolute Gasteiger partial charge is 0.212 e. The molecule has 1 atom stereocenters. The van der Waals surface area contributed by atoms with Crippen LogP contribution < -0.4 is 10.1 Å². The fraction of sp³-hybridized carbons (Fsp3) is 0.333. The molecule has 4 nitrogen and oxygen atoms in total. The molecule has 0 saturated carbocycles. The lowest BCUT2D eigenvalue weighted by atomic mass is 10.0. The second kappa shape index (κ2) is 6.29. The molecule has 0 spiro atoms. The summed E-state index contributed by atoms with van der Waals surface area (Å²) in [6, 6.07) is 8.31. The topological polar surface area (TPSA) is 47.0 Å². The first-order chi connectivity index (χ1) is 9.22. The predicted octanol–water partition coefficient (Wildman–Crippen LogP) is 2.30. The standard InChI is InChI=1S/C15H19N3O/c1-11-4-6-13(10-17-11)14(16-2)8-12-5-7-15(19-3)18-9-12/h4-7,9-10,14,16H,8H2,1-3H3. The number of methoxy groups -OCH3 is 1. The third-order valence-electron chi connectivity index (χ3n) is 3.13. The van der Waals surface area contributed by atoms with Gasteiger partial charge in [0.25, 0.3) is 0 Å². The van der Waals surface area contributed by atoms with Crippen molar-refractivity contribution in [2.24, 2.45) is 0 Å². The second-order valence-corrected chi connectivity index (χ2v) is 4.49. The Morgan fingerprint density at radius 3 is 2.53 bits per heavy atom. The average molecular weight is 257 g/mol. The molecule has 0 aliphatic carbocycles. The second-order valence-electron chi connectivity index (χ2n) is 4.49. The molecular formula is C15H19N3O. The summed E-state index contributed by atoms with van der Waals surface area (Å²) < 4.78 is 5.06. The highest BCUT2D eigenvalue weighted by Gasteiger charge is 2.10. The van der Waals surface area contributed by atoms with Crippen LogP contribution in [-0.4, -0.2) is 24.1 Å². The van der Waals surface area contributed by atoms with E-state index >= 15 is 0 Å². The van der Waals surface area contributed by atoms with Crippen molar-refractivity contribution in [1.29, 1.82) is 0 Å². The number of aryl methyl sites for hydroxylation is 1. The molecule has 0 amide bonds. The van der Waals surface area contributed by atoms with Gasteiger partial charge in [0.1, 0.15) is 0 Å². The van der Waals surface area contributed by atoms with Gasteiger partial charge in [0.15, 0.2) is 0 Å². The summed E-state index contributed by atoms with van der Waals surface area (Å²) in [5, 5.41) is 3.32. The first-order valence-electron chi connectivity index (χ1n) is 6.31. The molecule has 0 fully saturated rings. The molecule has 4 heteroatoms. The number of hydrogen-bond acceptors (Lipinski definition) is 4. The van der Waals surface area contributed by atoms with E-state index in [2.05, 4.69) is 21.4 Å². The van der Waals surface area contributed by atoms with Gasteiger partial charge >= 0.3 is 0 Å². The van der Waals surface area contributed by atoms with Crippen molar-refractivity contribution in [3.8, 4) is 5.88 Å². The van der Waals surface area contributed by atoms with Crippen LogP contribution in [0.5, 0.6) is 5.88 Å². The Morgan fingerprint density at radius 1 is 1.16 bits per heavy atom. The maximum absolute atomic E-state index is 5.06. The van der Waals surface area contributed by atoms with Gasteiger partial charge in [0.05, 0.1) is 7.11 Å². The van der Waals surface area contributed by atoms with Crippen LogP contribution in [-0.2, 0) is 6.42 Å². The summed E-state index contributed by atoms with van der Waals surface area (Å²) in [4.78, 5) is 8.57. The molecule has 0 radical (unpaired) electrons. The zero-order chi connectivity index (χ0) is 13.7. The summed E-state index contributed by atoms with van der Waals surface area (Å²) >= 11 is 0. The number of hydrogen-bond donors (Lipinski definition) is 1. The number of ether oxygens (including phenoxy) is 1. The number of pyridine rings is 2. The average Bonchev–Trinajstić information content (AvgIpc) is 2.46. The molecule has 2 rings (SSSR count). The summed E-state index contributed by atoms with van der Waals surface area (Å²) in [6.45, 7) is 1.99. The van der Waals surface area contributed by atoms with Gasteiger partial charge in [-0.05, 0) is 37.6 Å². The zero-order valence-electron chi connectivity index (χ0n) is 11.6. The van der Waals surface area contributed by atoms with Crippen LogP contribution in [0.2, 0.25) is 0 Å². The Balaban J connectivity index is 2.11. The van der Waals surface area contributed by atoms with Gasteiger partial charge in [-0.2, -0.15) is 0 Å². The van der Waals surface area contributed by atoms with Crippen LogP contribution in [0, 0.1) is 6.92 Å². The van der Waals surface area contributed by atoms with Crippen LogP contribution in [0.15, 0.2) is 36.7 Å². The van der Waals surface area contributed by atoms with E-state index < -0.39 is 0 Å². The van der Waals surface area contributed by atoms with E-state index in [0.29, 0.717) is 5.88 Å². The highest BCUT2D eigenvalue weighted by molar-refractivity contribution is 5.23. The minimum Gasteiger partial charge on any atom is -0.481 e. The van der Waals surface area contributed by atoms with Crippen molar-refractivity contribution in [2.45, 2.75) is 19.4 Å². The number of rotatable bonds is 5. The van der Waals surface area contributed by atoms with E-state index in [-0.39, 0.29) is 6.04 Å². The molecule has 0 aliphatic heterocycles. The van der Waals surface area contributed by atoms with Crippen LogP contribution >= 0.6 is 0 Å². The third kappa shape index (κ3) is 3.51. The van der Waals surface area contributed by atoms with Gasteiger partial charge in [-0.15, -0.1) is 0 Å². The van der Waals surface area contributed by atoms with Crippen molar-refractivity contribution in [3.63, 3.8) is 0 Å². The lowest BCUT2D eigenvalue weighted by Gasteiger charge is -2.16. The Morgan fingerprint density at radius 2 is 2.00 bits per heavy atom. The van der Waals surface area contributed by atoms with Crippen LogP contribution in [0.1, 0.15) is 22.9 Å². The zero-order valence-corrected chi connectivity index (χ0v) is 11.6. The minimum atomic E-state index is 0.239. The van der Waals surface area contributed by atoms with Crippen LogP contribution in [0.25, 0.3) is 0 Å². The number of aromatic nitrogens is 2. The van der Waals surface area contributed by atoms with Gasteiger partial charge in [-0.3, -0.25) is 4.98 Å². The van der Waals surface area contributed by atoms with Crippen molar-refractivity contribution in [3.05, 3.63) is 53.5 Å². The Hall–Kier alpha value is -1.94. The molecule has 0 aliphatic rings. The van der Waals surface area contributed by atoms with Gasteiger partial charge in [0.2, 0.25) is 5.88 Å². The maximum Gasteiger partial charge on any atom is 0.212 e. The molecule has 1 N–H and O–H groups in total. The first kappa shape index (κ1) is 13.5. The Bertz CT molecular complexity index is 508. The molecule has 2 heterocycles. The molecule has 0 bridgehead atoms. The molecule has 2 aromatic heterocycles. The van der Waals surface area contributed by atoms with Gasteiger partial charge in [0, 0.05) is 30.2 Å². The first-order valence-corrected chi connectivity index (χ1v) is 6.31. The summed E-state index contributed by atoms with van der Waals surface area (Å²) in [6.07, 6.45) is 4.65. The monoisotopic (exact) mass is 257 g/mol. The van der Waals surface area contributed by atoms with Crippen molar-refractivity contribution < 1.29 is 4.74 Å². The summed E-state index contributed by atoms with van der Waals surface area (Å²) in [7, 11) is 3.58. The highest BCUT2D eigenvalue weighted by atomic mass is 16.5. The fourth-order valence-corrected chi connectivity index (χ4v) is 1.96. The van der Waals surface area contributed by atoms with E-state index in [1.807, 2.05) is 44.6 Å². The minimum absolute atomic E-state index is 0.239. The summed E-state index contributed by atoms with van der Waals surface area (Å²) in [5.41, 5.74) is 3.38. The normalized spacial score (nSPS) is 12.2. The van der Waals surface area contributed by atoms with E-state index in [1.54, 1.807) is 7.11 Å². The third-order valence-corrected chi connectivity index (χ3v) is 3.13. The van der Waals surface area contributed by atoms with Gasteiger partial charge in [-0.25, -0.2) is 4.98 Å². The number of nitrogens with zero attached hydrogens (tertiary/aromatic N) is 2. The number of nitrogens with one attached hydrogen (secondary N) is 1. The Kier molecular flexibility index (Phi) is 4.47. The fourth-order valence-electron chi connectivity index (χ4n) is 1.96. The van der Waals surface area contributed by atoms with E-state index in [0.717, 1.165) is 12.1 Å². The molecule has 0 aromatic carbocycles. The quantitative estimate of drug-likeness (QED) is 0.892. The summed E-state index contributed by atoms with van der Waals surface area (Å²) in [5.74, 6) is 0.641. The van der Waals surface area contributed by atoms with E-state index in [1.165, 1.54) is 11.1 Å². The van der Waals surface area contributed by atoms with E-state index in [4.69, 9.17) is 4.74 Å². The van der Waals surface area contributed by atoms with Gasteiger partial charge in [-0.1, -0.05) is 12.1 Å². The van der Waals surface area contributed by atoms with E-state index in [9.17, 15) is 0 Å². The molecule has 1 unspecified atom stereocenters. The lowest BCUT2D eigenvalue weighted by molar-refractivity contribution is 0.397. The van der Waals surface area contributed by atoms with Crippen LogP contribution in [0.4, 0.5) is 0 Å². The Labute approximate surface area is 113 Å². The largest absolute Gasteiger partial charge is 0.481 e. The SMILES string of the molecule is CNC(Cc1ccc(OC)nc1)c1ccc(C)nc1.